The number of benzene rings is 1. The molecule has 5 heteroatoms. The summed E-state index contributed by atoms with van der Waals surface area (Å²) >= 11 is 0. The highest BCUT2D eigenvalue weighted by Gasteiger charge is 2.59. The van der Waals surface area contributed by atoms with Crippen LogP contribution in [-0.2, 0) is 0 Å². The molecule has 0 N–H and O–H groups in total. The second-order valence-corrected chi connectivity index (χ2v) is 7.13. The lowest BCUT2D eigenvalue weighted by Gasteiger charge is -2.34. The first-order valence-corrected chi connectivity index (χ1v) is 7.69. The zero-order chi connectivity index (χ0) is 16.0. The summed E-state index contributed by atoms with van der Waals surface area (Å²) in [7, 11) is 0. The molecule has 2 bridgehead atoms. The fourth-order valence-corrected chi connectivity index (χ4v) is 3.93. The van der Waals surface area contributed by atoms with Gasteiger partial charge < -0.3 is 0 Å². The van der Waals surface area contributed by atoms with Gasteiger partial charge in [0.1, 0.15) is 0 Å². The van der Waals surface area contributed by atoms with Gasteiger partial charge in [0.15, 0.2) is 0 Å². The van der Waals surface area contributed by atoms with Gasteiger partial charge in [-0.1, -0.05) is 20.8 Å². The van der Waals surface area contributed by atoms with Crippen LogP contribution in [-0.4, -0.2) is 16.8 Å². The molecule has 2 atom stereocenters. The molecule has 2 aliphatic carbocycles. The molecule has 22 heavy (non-hydrogen) atoms. The topological polar surface area (TPSA) is 67.9 Å². The predicted octanol–water partition coefficient (Wildman–Crippen LogP) is 4.22. The SMILES string of the molecule is CC1(C)[C@H]2CC[C@]1(C)/C(=N/N=C\c1ccc([N+](=O)[O-])cc1)C2. The van der Waals surface area contributed by atoms with Crippen molar-refractivity contribution in [2.24, 2.45) is 27.0 Å². The van der Waals surface area contributed by atoms with Crippen molar-refractivity contribution in [2.45, 2.75) is 40.0 Å². The van der Waals surface area contributed by atoms with Gasteiger partial charge in [-0.3, -0.25) is 10.1 Å². The molecule has 3 rings (SSSR count). The van der Waals surface area contributed by atoms with Gasteiger partial charge in [-0.2, -0.15) is 10.2 Å². The van der Waals surface area contributed by atoms with E-state index < -0.39 is 4.92 Å². The largest absolute Gasteiger partial charge is 0.269 e. The molecule has 1 aromatic carbocycles. The maximum Gasteiger partial charge on any atom is 0.269 e. The third-order valence-electron chi connectivity index (χ3n) is 6.00. The van der Waals surface area contributed by atoms with Crippen LogP contribution in [0.25, 0.3) is 0 Å². The Morgan fingerprint density at radius 1 is 1.27 bits per heavy atom. The molecule has 2 fully saturated rings. The summed E-state index contributed by atoms with van der Waals surface area (Å²) in [5.74, 6) is 0.714. The van der Waals surface area contributed by atoms with Gasteiger partial charge in [0.25, 0.3) is 5.69 Å². The van der Waals surface area contributed by atoms with E-state index in [9.17, 15) is 10.1 Å². The third-order valence-corrected chi connectivity index (χ3v) is 6.00. The monoisotopic (exact) mass is 299 g/mol. The van der Waals surface area contributed by atoms with Crippen molar-refractivity contribution in [2.75, 3.05) is 0 Å². The second-order valence-electron chi connectivity index (χ2n) is 7.13. The molecule has 0 saturated heterocycles. The minimum Gasteiger partial charge on any atom is -0.258 e. The summed E-state index contributed by atoms with van der Waals surface area (Å²) < 4.78 is 0. The zero-order valence-electron chi connectivity index (χ0n) is 13.2. The molecule has 2 aliphatic rings. The Bertz CT molecular complexity index is 661. The van der Waals surface area contributed by atoms with Crippen molar-refractivity contribution in [3.05, 3.63) is 39.9 Å². The van der Waals surface area contributed by atoms with E-state index in [0.29, 0.717) is 11.3 Å². The van der Waals surface area contributed by atoms with Gasteiger partial charge in [0, 0.05) is 23.3 Å². The van der Waals surface area contributed by atoms with Gasteiger partial charge in [0.05, 0.1) is 11.1 Å². The number of fused-ring (bicyclic) bond motifs is 2. The van der Waals surface area contributed by atoms with E-state index in [0.717, 1.165) is 12.0 Å². The lowest BCUT2D eigenvalue weighted by Crippen LogP contribution is -2.32. The highest BCUT2D eigenvalue weighted by atomic mass is 16.6. The van der Waals surface area contributed by atoms with E-state index in [4.69, 9.17) is 0 Å². The summed E-state index contributed by atoms with van der Waals surface area (Å²) in [5, 5.41) is 19.3. The molecule has 0 unspecified atom stereocenters. The van der Waals surface area contributed by atoms with Crippen molar-refractivity contribution in [3.63, 3.8) is 0 Å². The van der Waals surface area contributed by atoms with Crippen LogP contribution in [0.2, 0.25) is 0 Å². The van der Waals surface area contributed by atoms with Gasteiger partial charge >= 0.3 is 0 Å². The third kappa shape index (κ3) is 2.16. The maximum absolute atomic E-state index is 10.6. The molecule has 0 heterocycles. The van der Waals surface area contributed by atoms with Crippen molar-refractivity contribution in [1.82, 2.24) is 0 Å². The molecule has 2 saturated carbocycles. The lowest BCUT2D eigenvalue weighted by molar-refractivity contribution is -0.384. The summed E-state index contributed by atoms with van der Waals surface area (Å²) in [6.07, 6.45) is 5.19. The van der Waals surface area contributed by atoms with E-state index in [-0.39, 0.29) is 11.1 Å². The molecule has 0 spiro atoms. The van der Waals surface area contributed by atoms with E-state index in [1.54, 1.807) is 18.3 Å². The fraction of sp³-hybridized carbons (Fsp3) is 0.529. The second kappa shape index (κ2) is 5.00. The molecule has 0 aliphatic heterocycles. The smallest absolute Gasteiger partial charge is 0.258 e. The molecule has 0 radical (unpaired) electrons. The Hall–Kier alpha value is -2.04. The van der Waals surface area contributed by atoms with Crippen LogP contribution in [0.5, 0.6) is 0 Å². The van der Waals surface area contributed by atoms with Crippen molar-refractivity contribution in [1.29, 1.82) is 0 Å². The minimum absolute atomic E-state index is 0.0887. The molecular formula is C17H21N3O2. The molecule has 116 valence electrons. The van der Waals surface area contributed by atoms with Crippen molar-refractivity contribution in [3.8, 4) is 0 Å². The van der Waals surface area contributed by atoms with Gasteiger partial charge in [0.2, 0.25) is 0 Å². The molecule has 5 nitrogen and oxygen atoms in total. The Morgan fingerprint density at radius 3 is 2.45 bits per heavy atom. The summed E-state index contributed by atoms with van der Waals surface area (Å²) in [5.41, 5.74) is 2.57. The van der Waals surface area contributed by atoms with Crippen LogP contribution in [0.15, 0.2) is 34.5 Å². The highest BCUT2D eigenvalue weighted by molar-refractivity contribution is 5.94. The number of nitrogens with zero attached hydrogens (tertiary/aromatic N) is 3. The van der Waals surface area contributed by atoms with Crippen LogP contribution in [0.4, 0.5) is 5.69 Å². The first kappa shape index (κ1) is 14.9. The lowest BCUT2D eigenvalue weighted by atomic mass is 9.70. The van der Waals surface area contributed by atoms with Crippen LogP contribution < -0.4 is 0 Å². The quantitative estimate of drug-likeness (QED) is 0.476. The molecule has 0 amide bonds. The standard InChI is InChI=1S/C17H21N3O2/c1-16(2)13-8-9-17(16,3)15(10-13)19-18-11-12-4-6-14(7-5-12)20(21)22/h4-7,11,13H,8-10H2,1-3H3/b18-11-,19-15+/t13-,17+/m0/s1. The Balaban J connectivity index is 1.76. The van der Waals surface area contributed by atoms with Crippen LogP contribution >= 0.6 is 0 Å². The zero-order valence-corrected chi connectivity index (χ0v) is 13.2. The van der Waals surface area contributed by atoms with Gasteiger partial charge in [-0.25, -0.2) is 0 Å². The van der Waals surface area contributed by atoms with Gasteiger partial charge in [-0.05, 0) is 48.3 Å². The van der Waals surface area contributed by atoms with E-state index >= 15 is 0 Å². The summed E-state index contributed by atoms with van der Waals surface area (Å²) in [4.78, 5) is 10.2. The summed E-state index contributed by atoms with van der Waals surface area (Å²) in [6.45, 7) is 6.99. The average Bonchev–Trinajstić information content (AvgIpc) is 2.81. The van der Waals surface area contributed by atoms with E-state index in [1.807, 2.05) is 0 Å². The highest BCUT2D eigenvalue weighted by Crippen LogP contribution is 2.63. The Labute approximate surface area is 130 Å². The van der Waals surface area contributed by atoms with E-state index in [1.165, 1.54) is 30.7 Å². The maximum atomic E-state index is 10.6. The van der Waals surface area contributed by atoms with Crippen LogP contribution in [0.1, 0.15) is 45.6 Å². The number of rotatable bonds is 3. The Morgan fingerprint density at radius 2 is 1.95 bits per heavy atom. The number of non-ortho nitro benzene ring substituents is 1. The molecular weight excluding hydrogens is 278 g/mol. The fourth-order valence-electron chi connectivity index (χ4n) is 3.93. The normalized spacial score (nSPS) is 31.2. The number of hydrogen-bond donors (Lipinski definition) is 0. The van der Waals surface area contributed by atoms with Gasteiger partial charge in [-0.15, -0.1) is 0 Å². The predicted molar refractivity (Wildman–Crippen MR) is 87.4 cm³/mol. The average molecular weight is 299 g/mol. The van der Waals surface area contributed by atoms with Crippen LogP contribution in [0, 0.1) is 26.9 Å². The summed E-state index contributed by atoms with van der Waals surface area (Å²) in [6, 6.07) is 6.34. The first-order valence-electron chi connectivity index (χ1n) is 7.69. The van der Waals surface area contributed by atoms with Crippen molar-refractivity contribution >= 4 is 17.6 Å². The Kier molecular flexibility index (Phi) is 3.38. The number of nitro groups is 1. The van der Waals surface area contributed by atoms with Crippen molar-refractivity contribution < 1.29 is 4.92 Å². The molecule has 0 aromatic heterocycles. The first-order chi connectivity index (χ1) is 10.3. The van der Waals surface area contributed by atoms with E-state index in [2.05, 4.69) is 31.0 Å². The number of hydrogen-bond acceptors (Lipinski definition) is 4. The number of nitro benzene ring substituents is 1. The molecule has 1 aromatic rings. The van der Waals surface area contributed by atoms with Crippen LogP contribution in [0.3, 0.4) is 0 Å². The minimum atomic E-state index is -0.403.